The molecule has 1 aromatic heterocycles. The van der Waals surface area contributed by atoms with Gasteiger partial charge in [-0.15, -0.1) is 11.8 Å². The van der Waals surface area contributed by atoms with Gasteiger partial charge in [-0.1, -0.05) is 6.07 Å². The van der Waals surface area contributed by atoms with E-state index in [9.17, 15) is 0 Å². The fraction of sp³-hybridized carbons (Fsp3) is 0.462. The van der Waals surface area contributed by atoms with Crippen molar-refractivity contribution in [1.29, 1.82) is 0 Å². The first-order valence-electron chi connectivity index (χ1n) is 5.26. The number of hydrogen-bond acceptors (Lipinski definition) is 2. The average Bonchev–Trinajstić information content (AvgIpc) is 2.24. The van der Waals surface area contributed by atoms with E-state index >= 15 is 0 Å². The van der Waals surface area contributed by atoms with Gasteiger partial charge >= 0.3 is 0 Å². The van der Waals surface area contributed by atoms with Crippen LogP contribution in [0.4, 0.5) is 0 Å². The van der Waals surface area contributed by atoms with Crippen molar-refractivity contribution in [3.63, 3.8) is 0 Å². The molecule has 0 aliphatic heterocycles. The van der Waals surface area contributed by atoms with Gasteiger partial charge in [-0.2, -0.15) is 0 Å². The molecule has 0 spiro atoms. The zero-order valence-electron chi connectivity index (χ0n) is 9.67. The van der Waals surface area contributed by atoms with Gasteiger partial charge in [-0.3, -0.25) is 4.98 Å². The first kappa shape index (κ1) is 11.7. The van der Waals surface area contributed by atoms with E-state index in [1.807, 2.05) is 26.4 Å². The summed E-state index contributed by atoms with van der Waals surface area (Å²) < 4.78 is 0. The monoisotopic (exact) mass is 202 g/mol. The molecule has 0 radical (unpaired) electrons. The van der Waals surface area contributed by atoms with Crippen LogP contribution in [0.5, 0.6) is 0 Å². The Hall–Kier alpha value is -1.33. The minimum Gasteiger partial charge on any atom is -0.313 e. The quantitative estimate of drug-likeness (QED) is 0.759. The average molecular weight is 202 g/mol. The molecule has 1 N–H and O–H groups in total. The first-order valence-corrected chi connectivity index (χ1v) is 5.26. The van der Waals surface area contributed by atoms with Gasteiger partial charge in [-0.05, 0) is 38.4 Å². The molecule has 1 atom stereocenters. The van der Waals surface area contributed by atoms with Crippen molar-refractivity contribution in [3.8, 4) is 11.8 Å². The van der Waals surface area contributed by atoms with Crippen molar-refractivity contribution in [1.82, 2.24) is 10.3 Å². The van der Waals surface area contributed by atoms with Crippen LogP contribution in [0.15, 0.2) is 18.5 Å². The fourth-order valence-corrected chi connectivity index (χ4v) is 1.59. The van der Waals surface area contributed by atoms with Gasteiger partial charge in [-0.25, -0.2) is 0 Å². The predicted octanol–water partition coefficient (Wildman–Crippen LogP) is 2.45. The van der Waals surface area contributed by atoms with Crippen LogP contribution in [0.1, 0.15) is 36.9 Å². The van der Waals surface area contributed by atoms with Gasteiger partial charge in [0.05, 0.1) is 0 Å². The second-order valence-corrected chi connectivity index (χ2v) is 3.60. The highest BCUT2D eigenvalue weighted by molar-refractivity contribution is 5.20. The van der Waals surface area contributed by atoms with Gasteiger partial charge in [0.2, 0.25) is 0 Å². The fourth-order valence-electron chi connectivity index (χ4n) is 1.59. The maximum Gasteiger partial charge on any atom is 0.0342 e. The second-order valence-electron chi connectivity index (χ2n) is 3.60. The summed E-state index contributed by atoms with van der Waals surface area (Å²) in [4.78, 5) is 4.21. The van der Waals surface area contributed by atoms with E-state index in [4.69, 9.17) is 0 Å². The lowest BCUT2D eigenvalue weighted by atomic mass is 10.0. The van der Waals surface area contributed by atoms with Crippen LogP contribution in [-0.2, 0) is 0 Å². The van der Waals surface area contributed by atoms with Crippen LogP contribution in [0.3, 0.4) is 0 Å². The molecule has 1 rings (SSSR count). The van der Waals surface area contributed by atoms with Gasteiger partial charge in [0.1, 0.15) is 0 Å². The molecular weight excluding hydrogens is 184 g/mol. The SMILES string of the molecule is CC#CCCC(NC)c1cncc(C)c1. The van der Waals surface area contributed by atoms with Crippen LogP contribution in [-0.4, -0.2) is 12.0 Å². The van der Waals surface area contributed by atoms with Crippen molar-refractivity contribution in [2.75, 3.05) is 7.05 Å². The third-order valence-electron chi connectivity index (χ3n) is 2.38. The van der Waals surface area contributed by atoms with Crippen LogP contribution < -0.4 is 5.32 Å². The predicted molar refractivity (Wildman–Crippen MR) is 63.5 cm³/mol. The van der Waals surface area contributed by atoms with Gasteiger partial charge in [0.25, 0.3) is 0 Å². The van der Waals surface area contributed by atoms with E-state index in [1.165, 1.54) is 11.1 Å². The third-order valence-corrected chi connectivity index (χ3v) is 2.38. The van der Waals surface area contributed by atoms with Crippen LogP contribution in [0.2, 0.25) is 0 Å². The molecule has 0 saturated heterocycles. The van der Waals surface area contributed by atoms with Gasteiger partial charge in [0, 0.05) is 24.9 Å². The van der Waals surface area contributed by atoms with Crippen molar-refractivity contribution >= 4 is 0 Å². The Bertz CT molecular complexity index is 360. The normalized spacial score (nSPS) is 11.7. The van der Waals surface area contributed by atoms with E-state index < -0.39 is 0 Å². The minimum absolute atomic E-state index is 0.359. The molecule has 0 aliphatic rings. The summed E-state index contributed by atoms with van der Waals surface area (Å²) in [5, 5.41) is 3.30. The number of aromatic nitrogens is 1. The van der Waals surface area contributed by atoms with Crippen molar-refractivity contribution in [3.05, 3.63) is 29.6 Å². The van der Waals surface area contributed by atoms with Crippen molar-refractivity contribution in [2.24, 2.45) is 0 Å². The van der Waals surface area contributed by atoms with Crippen LogP contribution >= 0.6 is 0 Å². The molecule has 0 aromatic carbocycles. The number of nitrogens with zero attached hydrogens (tertiary/aromatic N) is 1. The topological polar surface area (TPSA) is 24.9 Å². The summed E-state index contributed by atoms with van der Waals surface area (Å²) in [6.07, 6.45) is 5.76. The highest BCUT2D eigenvalue weighted by atomic mass is 14.9. The molecule has 15 heavy (non-hydrogen) atoms. The maximum atomic E-state index is 4.21. The number of rotatable bonds is 4. The Balaban J connectivity index is 2.68. The molecule has 0 aliphatic carbocycles. The highest BCUT2D eigenvalue weighted by Crippen LogP contribution is 2.17. The Morgan fingerprint density at radius 3 is 2.87 bits per heavy atom. The summed E-state index contributed by atoms with van der Waals surface area (Å²) in [6.45, 7) is 3.94. The largest absolute Gasteiger partial charge is 0.313 e. The molecule has 0 fully saturated rings. The highest BCUT2D eigenvalue weighted by Gasteiger charge is 2.08. The number of pyridine rings is 1. The Kier molecular flexibility index (Phi) is 4.86. The summed E-state index contributed by atoms with van der Waals surface area (Å²) >= 11 is 0. The molecule has 1 aromatic rings. The number of aryl methyl sites for hydroxylation is 1. The zero-order chi connectivity index (χ0) is 11.1. The molecule has 2 heteroatoms. The Morgan fingerprint density at radius 1 is 1.47 bits per heavy atom. The second kappa shape index (κ2) is 6.21. The lowest BCUT2D eigenvalue weighted by molar-refractivity contribution is 0.556. The van der Waals surface area contributed by atoms with Crippen molar-refractivity contribution in [2.45, 2.75) is 32.7 Å². The molecule has 1 unspecified atom stereocenters. The number of nitrogens with one attached hydrogen (secondary N) is 1. The van der Waals surface area contributed by atoms with E-state index in [-0.39, 0.29) is 0 Å². The third kappa shape index (κ3) is 3.73. The molecule has 2 nitrogen and oxygen atoms in total. The molecule has 0 bridgehead atoms. The lowest BCUT2D eigenvalue weighted by Gasteiger charge is -2.15. The summed E-state index contributed by atoms with van der Waals surface area (Å²) in [6, 6.07) is 2.53. The molecule has 1 heterocycles. The zero-order valence-corrected chi connectivity index (χ0v) is 9.67. The number of hydrogen-bond donors (Lipinski definition) is 1. The first-order chi connectivity index (χ1) is 7.27. The molecule has 80 valence electrons. The molecule has 0 saturated carbocycles. The minimum atomic E-state index is 0.359. The van der Waals surface area contributed by atoms with E-state index in [0.29, 0.717) is 6.04 Å². The molecule has 0 amide bonds. The van der Waals surface area contributed by atoms with Gasteiger partial charge in [0.15, 0.2) is 0 Å². The smallest absolute Gasteiger partial charge is 0.0342 e. The van der Waals surface area contributed by atoms with Crippen LogP contribution in [0.25, 0.3) is 0 Å². The standard InChI is InChI=1S/C13H18N2/c1-4-5-6-7-13(14-3)12-8-11(2)9-15-10-12/h8-10,13-14H,6-7H2,1-3H3. The summed E-state index contributed by atoms with van der Waals surface area (Å²) in [7, 11) is 1.98. The van der Waals surface area contributed by atoms with Gasteiger partial charge < -0.3 is 5.32 Å². The summed E-state index contributed by atoms with van der Waals surface area (Å²) in [5.74, 6) is 6.00. The van der Waals surface area contributed by atoms with E-state index in [1.54, 1.807) is 0 Å². The van der Waals surface area contributed by atoms with Crippen LogP contribution in [0, 0.1) is 18.8 Å². The van der Waals surface area contributed by atoms with E-state index in [2.05, 4.69) is 35.1 Å². The Labute approximate surface area is 92.1 Å². The molecular formula is C13H18N2. The summed E-state index contributed by atoms with van der Waals surface area (Å²) in [5.41, 5.74) is 2.45. The lowest BCUT2D eigenvalue weighted by Crippen LogP contribution is -2.16. The Morgan fingerprint density at radius 2 is 2.27 bits per heavy atom. The van der Waals surface area contributed by atoms with E-state index in [0.717, 1.165) is 12.8 Å². The maximum absolute atomic E-state index is 4.21. The van der Waals surface area contributed by atoms with Crippen molar-refractivity contribution < 1.29 is 0 Å².